The van der Waals surface area contributed by atoms with Gasteiger partial charge in [-0.05, 0) is 42.5 Å². The van der Waals surface area contributed by atoms with Crippen LogP contribution in [-0.4, -0.2) is 4.98 Å². The third-order valence-electron chi connectivity index (χ3n) is 3.67. The maximum absolute atomic E-state index is 5.78. The van der Waals surface area contributed by atoms with Gasteiger partial charge in [-0.2, -0.15) is 0 Å². The summed E-state index contributed by atoms with van der Waals surface area (Å²) in [5.74, 6) is 1.99. The van der Waals surface area contributed by atoms with E-state index in [2.05, 4.69) is 31.0 Å². The van der Waals surface area contributed by atoms with E-state index < -0.39 is 0 Å². The molecule has 1 atom stereocenters. The molecule has 0 saturated carbocycles. The van der Waals surface area contributed by atoms with E-state index >= 15 is 0 Å². The molecule has 0 aliphatic heterocycles. The lowest BCUT2D eigenvalue weighted by molar-refractivity contribution is 0.460. The molecule has 1 heterocycles. The SMILES string of the molecule is CCC(C)c1ccc(Oc2ccc(CN)c(C)n2)cc1. The molecule has 0 aliphatic carbocycles. The molecule has 106 valence electrons. The monoisotopic (exact) mass is 270 g/mol. The number of nitrogens with zero attached hydrogens (tertiary/aromatic N) is 1. The van der Waals surface area contributed by atoms with Gasteiger partial charge in [-0.1, -0.05) is 32.0 Å². The van der Waals surface area contributed by atoms with Crippen molar-refractivity contribution in [1.29, 1.82) is 0 Å². The van der Waals surface area contributed by atoms with E-state index in [1.54, 1.807) is 0 Å². The topological polar surface area (TPSA) is 48.1 Å². The second-order valence-electron chi connectivity index (χ2n) is 5.08. The predicted octanol–water partition coefficient (Wildman–Crippen LogP) is 4.15. The van der Waals surface area contributed by atoms with Gasteiger partial charge in [0.2, 0.25) is 5.88 Å². The molecule has 0 bridgehead atoms. The van der Waals surface area contributed by atoms with Gasteiger partial charge < -0.3 is 10.5 Å². The Balaban J connectivity index is 2.12. The van der Waals surface area contributed by atoms with Crippen LogP contribution in [0.1, 0.15) is 43.0 Å². The normalized spacial score (nSPS) is 12.2. The Morgan fingerprint density at radius 1 is 1.15 bits per heavy atom. The zero-order valence-corrected chi connectivity index (χ0v) is 12.4. The van der Waals surface area contributed by atoms with Crippen LogP contribution in [0.5, 0.6) is 11.6 Å². The van der Waals surface area contributed by atoms with Crippen LogP contribution >= 0.6 is 0 Å². The fourth-order valence-electron chi connectivity index (χ4n) is 2.06. The molecule has 2 N–H and O–H groups in total. The van der Waals surface area contributed by atoms with Crippen LogP contribution < -0.4 is 10.5 Å². The third kappa shape index (κ3) is 3.36. The van der Waals surface area contributed by atoms with Crippen molar-refractivity contribution in [3.63, 3.8) is 0 Å². The minimum atomic E-state index is 0.503. The molecule has 2 rings (SSSR count). The number of aryl methyl sites for hydroxylation is 1. The van der Waals surface area contributed by atoms with Gasteiger partial charge in [0.15, 0.2) is 0 Å². The number of benzene rings is 1. The summed E-state index contributed by atoms with van der Waals surface area (Å²) >= 11 is 0. The zero-order chi connectivity index (χ0) is 14.5. The van der Waals surface area contributed by atoms with Gasteiger partial charge in [-0.15, -0.1) is 0 Å². The largest absolute Gasteiger partial charge is 0.439 e. The fraction of sp³-hybridized carbons (Fsp3) is 0.353. The number of pyridine rings is 1. The van der Waals surface area contributed by atoms with E-state index in [0.29, 0.717) is 18.3 Å². The molecule has 0 amide bonds. The molecular formula is C17H22N2O. The summed E-state index contributed by atoms with van der Waals surface area (Å²) in [6.45, 7) is 6.87. The first-order valence-corrected chi connectivity index (χ1v) is 7.08. The van der Waals surface area contributed by atoms with Crippen LogP contribution in [-0.2, 0) is 6.54 Å². The fourth-order valence-corrected chi connectivity index (χ4v) is 2.06. The molecule has 2 aromatic rings. The molecule has 20 heavy (non-hydrogen) atoms. The number of hydrogen-bond acceptors (Lipinski definition) is 3. The van der Waals surface area contributed by atoms with E-state index in [0.717, 1.165) is 23.4 Å². The Bertz CT molecular complexity index is 564. The van der Waals surface area contributed by atoms with Gasteiger partial charge in [0.05, 0.1) is 0 Å². The maximum Gasteiger partial charge on any atom is 0.219 e. The molecule has 3 heteroatoms. The van der Waals surface area contributed by atoms with Crippen molar-refractivity contribution in [2.45, 2.75) is 39.7 Å². The zero-order valence-electron chi connectivity index (χ0n) is 12.4. The summed E-state index contributed by atoms with van der Waals surface area (Å²) in [5, 5.41) is 0. The maximum atomic E-state index is 5.78. The minimum Gasteiger partial charge on any atom is -0.439 e. The van der Waals surface area contributed by atoms with Gasteiger partial charge >= 0.3 is 0 Å². The first kappa shape index (κ1) is 14.5. The van der Waals surface area contributed by atoms with E-state index in [1.165, 1.54) is 5.56 Å². The summed E-state index contributed by atoms with van der Waals surface area (Å²) in [5.41, 5.74) is 8.93. The van der Waals surface area contributed by atoms with Crippen molar-refractivity contribution in [1.82, 2.24) is 4.98 Å². The van der Waals surface area contributed by atoms with Crippen LogP contribution in [0.25, 0.3) is 0 Å². The Hall–Kier alpha value is -1.87. The number of hydrogen-bond donors (Lipinski definition) is 1. The highest BCUT2D eigenvalue weighted by molar-refractivity contribution is 5.33. The van der Waals surface area contributed by atoms with Crippen molar-refractivity contribution in [3.05, 3.63) is 53.2 Å². The molecule has 3 nitrogen and oxygen atoms in total. The van der Waals surface area contributed by atoms with Crippen molar-refractivity contribution in [2.75, 3.05) is 0 Å². The molecule has 0 radical (unpaired) electrons. The standard InChI is InChI=1S/C17H22N2O/c1-4-12(2)14-5-8-16(9-6-14)20-17-10-7-15(11-18)13(3)19-17/h5-10,12H,4,11,18H2,1-3H3. The van der Waals surface area contributed by atoms with E-state index in [-0.39, 0.29) is 0 Å². The van der Waals surface area contributed by atoms with Gasteiger partial charge in [0.1, 0.15) is 5.75 Å². The van der Waals surface area contributed by atoms with E-state index in [1.807, 2.05) is 31.2 Å². The van der Waals surface area contributed by atoms with Crippen LogP contribution in [0.4, 0.5) is 0 Å². The van der Waals surface area contributed by atoms with Gasteiger partial charge in [-0.3, -0.25) is 0 Å². The van der Waals surface area contributed by atoms with Gasteiger partial charge in [-0.25, -0.2) is 4.98 Å². The third-order valence-corrected chi connectivity index (χ3v) is 3.67. The first-order chi connectivity index (χ1) is 9.63. The van der Waals surface area contributed by atoms with Crippen LogP contribution in [0.2, 0.25) is 0 Å². The molecule has 1 unspecified atom stereocenters. The van der Waals surface area contributed by atoms with Crippen molar-refractivity contribution < 1.29 is 4.74 Å². The second kappa shape index (κ2) is 6.53. The van der Waals surface area contributed by atoms with Crippen LogP contribution in [0.3, 0.4) is 0 Å². The Kier molecular flexibility index (Phi) is 4.74. The van der Waals surface area contributed by atoms with Crippen molar-refractivity contribution in [2.24, 2.45) is 5.73 Å². The lowest BCUT2D eigenvalue weighted by Gasteiger charge is -2.11. The van der Waals surface area contributed by atoms with Crippen LogP contribution in [0.15, 0.2) is 36.4 Å². The highest BCUT2D eigenvalue weighted by Crippen LogP contribution is 2.24. The summed E-state index contributed by atoms with van der Waals surface area (Å²) < 4.78 is 5.78. The van der Waals surface area contributed by atoms with Crippen molar-refractivity contribution >= 4 is 0 Å². The number of nitrogens with two attached hydrogens (primary N) is 1. The first-order valence-electron chi connectivity index (χ1n) is 7.08. The summed E-state index contributed by atoms with van der Waals surface area (Å²) in [6, 6.07) is 12.0. The summed E-state index contributed by atoms with van der Waals surface area (Å²) in [7, 11) is 0. The van der Waals surface area contributed by atoms with Crippen molar-refractivity contribution in [3.8, 4) is 11.6 Å². The summed E-state index contributed by atoms with van der Waals surface area (Å²) in [6.07, 6.45) is 1.14. The minimum absolute atomic E-state index is 0.503. The molecule has 0 fully saturated rings. The Labute approximate surface area is 120 Å². The molecule has 0 aliphatic rings. The molecular weight excluding hydrogens is 248 g/mol. The van der Waals surface area contributed by atoms with Gasteiger partial charge in [0, 0.05) is 18.3 Å². The van der Waals surface area contributed by atoms with Gasteiger partial charge in [0.25, 0.3) is 0 Å². The second-order valence-corrected chi connectivity index (χ2v) is 5.08. The molecule has 0 saturated heterocycles. The predicted molar refractivity (Wildman–Crippen MR) is 82.1 cm³/mol. The number of aromatic nitrogens is 1. The smallest absolute Gasteiger partial charge is 0.219 e. The summed E-state index contributed by atoms with van der Waals surface area (Å²) in [4.78, 5) is 4.41. The number of ether oxygens (including phenoxy) is 1. The molecule has 1 aromatic heterocycles. The van der Waals surface area contributed by atoms with E-state index in [4.69, 9.17) is 10.5 Å². The lowest BCUT2D eigenvalue weighted by Crippen LogP contribution is -2.01. The average molecular weight is 270 g/mol. The highest BCUT2D eigenvalue weighted by Gasteiger charge is 2.05. The Morgan fingerprint density at radius 3 is 2.40 bits per heavy atom. The van der Waals surface area contributed by atoms with E-state index in [9.17, 15) is 0 Å². The average Bonchev–Trinajstić information content (AvgIpc) is 2.47. The van der Waals surface area contributed by atoms with Crippen LogP contribution in [0, 0.1) is 6.92 Å². The quantitative estimate of drug-likeness (QED) is 0.887. The lowest BCUT2D eigenvalue weighted by atomic mass is 9.99. The number of rotatable bonds is 5. The molecule has 0 spiro atoms. The Morgan fingerprint density at radius 2 is 1.85 bits per heavy atom. The molecule has 1 aromatic carbocycles. The highest BCUT2D eigenvalue weighted by atomic mass is 16.5.